The number of carbonyl (C=O) groups is 1. The van der Waals surface area contributed by atoms with Gasteiger partial charge in [0.2, 0.25) is 0 Å². The van der Waals surface area contributed by atoms with Crippen LogP contribution in [0.15, 0.2) is 54.6 Å². The third-order valence-corrected chi connectivity index (χ3v) is 5.10. The van der Waals surface area contributed by atoms with Gasteiger partial charge in [0, 0.05) is 30.0 Å². The smallest absolute Gasteiger partial charge is 0.276 e. The number of hydrogen-bond acceptors (Lipinski definition) is 4. The standard InChI is InChI=1S/C21H21ClN4O2/c1-24(17-6-8-19(28-2)9-7-17)14-16-13-20-21(27)25(10-11-26(20)23-16)18-5-3-4-15(22)12-18/h3-9,12-13H,10-11,14H2,1-2H3. The molecule has 1 aromatic heterocycles. The van der Waals surface area contributed by atoms with Gasteiger partial charge in [0.1, 0.15) is 11.4 Å². The average molecular weight is 397 g/mol. The van der Waals surface area contributed by atoms with Crippen LogP contribution >= 0.6 is 11.6 Å². The zero-order chi connectivity index (χ0) is 19.7. The molecule has 0 unspecified atom stereocenters. The van der Waals surface area contributed by atoms with E-state index in [0.717, 1.165) is 22.8 Å². The highest BCUT2D eigenvalue weighted by Gasteiger charge is 2.27. The summed E-state index contributed by atoms with van der Waals surface area (Å²) in [6.07, 6.45) is 0. The molecule has 0 atom stereocenters. The summed E-state index contributed by atoms with van der Waals surface area (Å²) in [6.45, 7) is 1.83. The summed E-state index contributed by atoms with van der Waals surface area (Å²) in [6, 6.07) is 17.1. The molecule has 1 aliphatic rings. The Bertz CT molecular complexity index is 1000. The first-order chi connectivity index (χ1) is 13.5. The van der Waals surface area contributed by atoms with E-state index in [2.05, 4.69) is 10.00 Å². The number of amides is 1. The molecule has 6 nitrogen and oxygen atoms in total. The maximum Gasteiger partial charge on any atom is 0.276 e. The largest absolute Gasteiger partial charge is 0.497 e. The number of aromatic nitrogens is 2. The maximum absolute atomic E-state index is 13.0. The summed E-state index contributed by atoms with van der Waals surface area (Å²) >= 11 is 6.08. The fourth-order valence-corrected chi connectivity index (χ4v) is 3.57. The van der Waals surface area contributed by atoms with Crippen LogP contribution in [0.1, 0.15) is 16.2 Å². The van der Waals surface area contributed by atoms with Crippen molar-refractivity contribution in [3.05, 3.63) is 71.0 Å². The lowest BCUT2D eigenvalue weighted by Gasteiger charge is -2.27. The van der Waals surface area contributed by atoms with Crippen LogP contribution in [0.3, 0.4) is 0 Å². The minimum absolute atomic E-state index is 0.0561. The second kappa shape index (κ2) is 7.56. The molecule has 0 aliphatic carbocycles. The molecule has 4 rings (SSSR count). The molecule has 0 fully saturated rings. The Kier molecular flexibility index (Phi) is 4.96. The molecule has 0 saturated carbocycles. The Morgan fingerprint density at radius 2 is 1.93 bits per heavy atom. The van der Waals surface area contributed by atoms with E-state index in [1.54, 1.807) is 22.8 Å². The van der Waals surface area contributed by atoms with Crippen molar-refractivity contribution < 1.29 is 9.53 Å². The molecule has 28 heavy (non-hydrogen) atoms. The quantitative estimate of drug-likeness (QED) is 0.657. The predicted molar refractivity (Wildman–Crippen MR) is 110 cm³/mol. The number of ether oxygens (including phenoxy) is 1. The van der Waals surface area contributed by atoms with E-state index in [0.29, 0.717) is 30.4 Å². The SMILES string of the molecule is COc1ccc(N(C)Cc2cc3n(n2)CCN(c2cccc(Cl)c2)C3=O)cc1. The molecule has 0 radical (unpaired) electrons. The number of halogens is 1. The first kappa shape index (κ1) is 18.4. The van der Waals surface area contributed by atoms with Gasteiger partial charge in [-0.1, -0.05) is 17.7 Å². The zero-order valence-electron chi connectivity index (χ0n) is 15.8. The van der Waals surface area contributed by atoms with Gasteiger partial charge >= 0.3 is 0 Å². The number of nitrogens with zero attached hydrogens (tertiary/aromatic N) is 4. The van der Waals surface area contributed by atoms with E-state index in [4.69, 9.17) is 16.3 Å². The molecule has 0 bridgehead atoms. The Morgan fingerprint density at radius 1 is 1.14 bits per heavy atom. The van der Waals surface area contributed by atoms with Gasteiger partial charge < -0.3 is 14.5 Å². The van der Waals surface area contributed by atoms with Crippen LogP contribution < -0.4 is 14.5 Å². The second-order valence-corrected chi connectivity index (χ2v) is 7.17. The van der Waals surface area contributed by atoms with Crippen molar-refractivity contribution >= 4 is 28.9 Å². The molecular formula is C21H21ClN4O2. The molecule has 0 N–H and O–H groups in total. The summed E-state index contributed by atoms with van der Waals surface area (Å²) < 4.78 is 7.00. The minimum atomic E-state index is -0.0561. The summed E-state index contributed by atoms with van der Waals surface area (Å²) in [5.41, 5.74) is 3.32. The van der Waals surface area contributed by atoms with Crippen molar-refractivity contribution in [1.29, 1.82) is 0 Å². The lowest BCUT2D eigenvalue weighted by atomic mass is 10.2. The molecule has 144 valence electrons. The molecule has 1 amide bonds. The van der Waals surface area contributed by atoms with Gasteiger partial charge in [-0.2, -0.15) is 5.10 Å². The van der Waals surface area contributed by atoms with Crippen molar-refractivity contribution in [3.63, 3.8) is 0 Å². The van der Waals surface area contributed by atoms with E-state index in [-0.39, 0.29) is 5.91 Å². The predicted octanol–water partition coefficient (Wildman–Crippen LogP) is 3.84. The summed E-state index contributed by atoms with van der Waals surface area (Å²) in [5, 5.41) is 5.24. The molecule has 3 aromatic rings. The highest BCUT2D eigenvalue weighted by atomic mass is 35.5. The lowest BCUT2D eigenvalue weighted by molar-refractivity contribution is 0.0962. The number of fused-ring (bicyclic) bond motifs is 1. The lowest BCUT2D eigenvalue weighted by Crippen LogP contribution is -2.40. The third kappa shape index (κ3) is 3.55. The van der Waals surface area contributed by atoms with Crippen LogP contribution in [-0.4, -0.2) is 36.4 Å². The molecular weight excluding hydrogens is 376 g/mol. The number of anilines is 2. The first-order valence-electron chi connectivity index (χ1n) is 9.04. The molecule has 2 aromatic carbocycles. The van der Waals surface area contributed by atoms with Crippen LogP contribution in [-0.2, 0) is 13.1 Å². The van der Waals surface area contributed by atoms with E-state index in [1.165, 1.54) is 0 Å². The van der Waals surface area contributed by atoms with Crippen molar-refractivity contribution in [2.75, 3.05) is 30.5 Å². The Balaban J connectivity index is 1.52. The van der Waals surface area contributed by atoms with Crippen molar-refractivity contribution in [2.24, 2.45) is 0 Å². The van der Waals surface area contributed by atoms with Crippen LogP contribution in [0.5, 0.6) is 5.75 Å². The summed E-state index contributed by atoms with van der Waals surface area (Å²) in [4.78, 5) is 16.8. The zero-order valence-corrected chi connectivity index (χ0v) is 16.6. The van der Waals surface area contributed by atoms with Crippen LogP contribution in [0.25, 0.3) is 0 Å². The minimum Gasteiger partial charge on any atom is -0.497 e. The van der Waals surface area contributed by atoms with Gasteiger partial charge in [0.25, 0.3) is 5.91 Å². The fraction of sp³-hybridized carbons (Fsp3) is 0.238. The van der Waals surface area contributed by atoms with Crippen molar-refractivity contribution in [1.82, 2.24) is 9.78 Å². The van der Waals surface area contributed by atoms with Crippen LogP contribution in [0.4, 0.5) is 11.4 Å². The van der Waals surface area contributed by atoms with Gasteiger partial charge in [-0.05, 0) is 48.5 Å². The number of rotatable bonds is 5. The van der Waals surface area contributed by atoms with Gasteiger partial charge in [-0.25, -0.2) is 0 Å². The van der Waals surface area contributed by atoms with E-state index < -0.39 is 0 Å². The number of carbonyl (C=O) groups excluding carboxylic acids is 1. The molecule has 2 heterocycles. The molecule has 7 heteroatoms. The first-order valence-corrected chi connectivity index (χ1v) is 9.42. The summed E-state index contributed by atoms with van der Waals surface area (Å²) in [5.74, 6) is 0.765. The highest BCUT2D eigenvalue weighted by Crippen LogP contribution is 2.25. The van der Waals surface area contributed by atoms with E-state index in [9.17, 15) is 4.79 Å². The number of benzene rings is 2. The summed E-state index contributed by atoms with van der Waals surface area (Å²) in [7, 11) is 3.65. The van der Waals surface area contributed by atoms with E-state index >= 15 is 0 Å². The van der Waals surface area contributed by atoms with E-state index in [1.807, 2.05) is 55.6 Å². The highest BCUT2D eigenvalue weighted by molar-refractivity contribution is 6.31. The van der Waals surface area contributed by atoms with Gasteiger partial charge in [0.05, 0.1) is 25.9 Å². The van der Waals surface area contributed by atoms with Crippen molar-refractivity contribution in [2.45, 2.75) is 13.1 Å². The molecule has 0 spiro atoms. The average Bonchev–Trinajstić information content (AvgIpc) is 3.12. The Morgan fingerprint density at radius 3 is 2.64 bits per heavy atom. The molecule has 1 aliphatic heterocycles. The Labute approximate surface area is 168 Å². The van der Waals surface area contributed by atoms with Gasteiger partial charge in [-0.3, -0.25) is 9.48 Å². The van der Waals surface area contributed by atoms with Crippen molar-refractivity contribution in [3.8, 4) is 5.75 Å². The monoisotopic (exact) mass is 396 g/mol. The van der Waals surface area contributed by atoms with Crippen LogP contribution in [0.2, 0.25) is 5.02 Å². The topological polar surface area (TPSA) is 50.6 Å². The van der Waals surface area contributed by atoms with Gasteiger partial charge in [-0.15, -0.1) is 0 Å². The van der Waals surface area contributed by atoms with Crippen LogP contribution in [0, 0.1) is 0 Å². The normalized spacial score (nSPS) is 13.4. The third-order valence-electron chi connectivity index (χ3n) is 4.86. The fourth-order valence-electron chi connectivity index (χ4n) is 3.39. The maximum atomic E-state index is 13.0. The van der Waals surface area contributed by atoms with Gasteiger partial charge in [0.15, 0.2) is 0 Å². The number of methoxy groups -OCH3 is 1. The number of hydrogen-bond donors (Lipinski definition) is 0. The Hall–Kier alpha value is -2.99. The molecule has 0 saturated heterocycles. The second-order valence-electron chi connectivity index (χ2n) is 6.73.